The summed E-state index contributed by atoms with van der Waals surface area (Å²) in [5.74, 6) is 1.57. The summed E-state index contributed by atoms with van der Waals surface area (Å²) in [6, 6.07) is 18.8. The van der Waals surface area contributed by atoms with Gasteiger partial charge in [-0.2, -0.15) is 0 Å². The Morgan fingerprint density at radius 3 is 2.61 bits per heavy atom. The number of nitrogens with zero attached hydrogens (tertiary/aromatic N) is 2. The fraction of sp³-hybridized carbons (Fsp3) is 0.227. The summed E-state index contributed by atoms with van der Waals surface area (Å²) in [5.41, 5.74) is 1.99. The maximum Gasteiger partial charge on any atom is 0.270 e. The molecule has 0 spiro atoms. The number of benzene rings is 2. The van der Waals surface area contributed by atoms with Gasteiger partial charge in [-0.3, -0.25) is 4.79 Å². The molecule has 0 unspecified atom stereocenters. The van der Waals surface area contributed by atoms with Crippen LogP contribution in [0.3, 0.4) is 0 Å². The molecule has 2 aromatic carbocycles. The highest BCUT2D eigenvalue weighted by molar-refractivity contribution is 5.93. The number of amides is 1. The van der Waals surface area contributed by atoms with Crippen LogP contribution in [0, 0.1) is 0 Å². The van der Waals surface area contributed by atoms with Crippen molar-refractivity contribution in [3.63, 3.8) is 0 Å². The van der Waals surface area contributed by atoms with E-state index in [-0.39, 0.29) is 5.91 Å². The van der Waals surface area contributed by atoms with Gasteiger partial charge in [0.15, 0.2) is 5.82 Å². The van der Waals surface area contributed by atoms with E-state index in [1.807, 2.05) is 54.6 Å². The monoisotopic (exact) mass is 376 g/mol. The second-order valence-electron chi connectivity index (χ2n) is 6.29. The Kier molecular flexibility index (Phi) is 6.57. The van der Waals surface area contributed by atoms with Crippen LogP contribution in [0.25, 0.3) is 11.4 Å². The van der Waals surface area contributed by atoms with Gasteiger partial charge in [-0.15, -0.1) is 0 Å². The Balaban J connectivity index is 1.93. The molecule has 1 aromatic heterocycles. The first-order valence-electron chi connectivity index (χ1n) is 9.33. The molecular formula is C22H24N4O2. The zero-order valence-electron chi connectivity index (χ0n) is 16.1. The van der Waals surface area contributed by atoms with Crippen LogP contribution in [-0.2, 0) is 0 Å². The molecule has 0 fully saturated rings. The predicted octanol–water partition coefficient (Wildman–Crippen LogP) is 4.43. The Bertz CT molecular complexity index is 929. The van der Waals surface area contributed by atoms with Gasteiger partial charge in [0.2, 0.25) is 0 Å². The number of methoxy groups -OCH3 is 1. The number of rotatable bonds is 8. The molecule has 0 aliphatic carbocycles. The third-order valence-electron chi connectivity index (χ3n) is 4.15. The van der Waals surface area contributed by atoms with Crippen LogP contribution < -0.4 is 15.4 Å². The minimum Gasteiger partial charge on any atom is -0.497 e. The normalized spacial score (nSPS) is 10.4. The van der Waals surface area contributed by atoms with Gasteiger partial charge < -0.3 is 15.4 Å². The summed E-state index contributed by atoms with van der Waals surface area (Å²) in [5, 5.41) is 6.15. The molecule has 6 nitrogen and oxygen atoms in total. The number of hydrogen-bond acceptors (Lipinski definition) is 5. The quantitative estimate of drug-likeness (QED) is 0.569. The van der Waals surface area contributed by atoms with Crippen LogP contribution in [0.4, 0.5) is 11.5 Å². The largest absolute Gasteiger partial charge is 0.497 e. The lowest BCUT2D eigenvalue weighted by molar-refractivity contribution is 0.0948. The van der Waals surface area contributed by atoms with Crippen molar-refractivity contribution >= 4 is 17.4 Å². The van der Waals surface area contributed by atoms with Crippen molar-refractivity contribution in [3.05, 3.63) is 66.4 Å². The number of carbonyl (C=O) groups excluding carboxylic acids is 1. The molecule has 3 aromatic rings. The molecule has 0 bridgehead atoms. The summed E-state index contributed by atoms with van der Waals surface area (Å²) in [6.45, 7) is 2.71. The topological polar surface area (TPSA) is 76.1 Å². The standard InChI is InChI=1S/C22H24N4O2/c1-3-4-13-23-22(27)19-15-20(24-17-11-8-12-18(14-17)28-2)26-21(25-19)16-9-6-5-7-10-16/h5-12,14-15H,3-4,13H2,1-2H3,(H,23,27)(H,24,25,26). The van der Waals surface area contributed by atoms with Gasteiger partial charge in [-0.25, -0.2) is 9.97 Å². The zero-order chi connectivity index (χ0) is 19.8. The van der Waals surface area contributed by atoms with Gasteiger partial charge in [0.25, 0.3) is 5.91 Å². The Morgan fingerprint density at radius 2 is 1.86 bits per heavy atom. The van der Waals surface area contributed by atoms with Crippen molar-refractivity contribution in [2.75, 3.05) is 19.0 Å². The number of anilines is 2. The SMILES string of the molecule is CCCCNC(=O)c1cc(Nc2cccc(OC)c2)nc(-c2ccccc2)n1. The smallest absolute Gasteiger partial charge is 0.270 e. The molecule has 2 N–H and O–H groups in total. The molecule has 0 aliphatic rings. The minimum absolute atomic E-state index is 0.207. The molecule has 144 valence electrons. The summed E-state index contributed by atoms with van der Waals surface area (Å²) >= 11 is 0. The molecule has 3 rings (SSSR count). The van der Waals surface area contributed by atoms with Crippen LogP contribution in [0.5, 0.6) is 5.75 Å². The number of ether oxygens (including phenoxy) is 1. The van der Waals surface area contributed by atoms with Gasteiger partial charge in [0, 0.05) is 29.9 Å². The van der Waals surface area contributed by atoms with E-state index in [1.54, 1.807) is 13.2 Å². The highest BCUT2D eigenvalue weighted by Gasteiger charge is 2.13. The van der Waals surface area contributed by atoms with Crippen LogP contribution in [0.2, 0.25) is 0 Å². The van der Waals surface area contributed by atoms with Crippen molar-refractivity contribution in [2.24, 2.45) is 0 Å². The van der Waals surface area contributed by atoms with Crippen molar-refractivity contribution in [3.8, 4) is 17.1 Å². The van der Waals surface area contributed by atoms with Gasteiger partial charge in [-0.05, 0) is 18.6 Å². The maximum atomic E-state index is 12.6. The van der Waals surface area contributed by atoms with Crippen LogP contribution in [0.1, 0.15) is 30.3 Å². The van der Waals surface area contributed by atoms with Crippen molar-refractivity contribution in [1.82, 2.24) is 15.3 Å². The Labute approximate surface area is 165 Å². The molecular weight excluding hydrogens is 352 g/mol. The zero-order valence-corrected chi connectivity index (χ0v) is 16.1. The van der Waals surface area contributed by atoms with Gasteiger partial charge in [-0.1, -0.05) is 49.7 Å². The van der Waals surface area contributed by atoms with Gasteiger partial charge >= 0.3 is 0 Å². The molecule has 0 atom stereocenters. The Morgan fingerprint density at radius 1 is 1.04 bits per heavy atom. The molecule has 0 radical (unpaired) electrons. The number of aromatic nitrogens is 2. The van der Waals surface area contributed by atoms with E-state index >= 15 is 0 Å². The predicted molar refractivity (Wildman–Crippen MR) is 111 cm³/mol. The molecule has 0 aliphatic heterocycles. The molecule has 1 amide bonds. The summed E-state index contributed by atoms with van der Waals surface area (Å²) in [4.78, 5) is 21.6. The number of carbonyl (C=O) groups is 1. The number of unbranched alkanes of at least 4 members (excludes halogenated alkanes) is 1. The van der Waals surface area contributed by atoms with Crippen LogP contribution in [0.15, 0.2) is 60.7 Å². The molecule has 28 heavy (non-hydrogen) atoms. The average molecular weight is 376 g/mol. The number of nitrogens with one attached hydrogen (secondary N) is 2. The van der Waals surface area contributed by atoms with E-state index in [4.69, 9.17) is 4.74 Å². The van der Waals surface area contributed by atoms with Crippen molar-refractivity contribution in [2.45, 2.75) is 19.8 Å². The average Bonchev–Trinajstić information content (AvgIpc) is 2.74. The van der Waals surface area contributed by atoms with E-state index < -0.39 is 0 Å². The third kappa shape index (κ3) is 5.07. The minimum atomic E-state index is -0.207. The van der Waals surface area contributed by atoms with Crippen molar-refractivity contribution < 1.29 is 9.53 Å². The third-order valence-corrected chi connectivity index (χ3v) is 4.15. The van der Waals surface area contributed by atoms with E-state index in [1.165, 1.54) is 0 Å². The second kappa shape index (κ2) is 9.50. The second-order valence-corrected chi connectivity index (χ2v) is 6.29. The first-order valence-corrected chi connectivity index (χ1v) is 9.33. The first kappa shape index (κ1) is 19.4. The molecule has 1 heterocycles. The summed E-state index contributed by atoms with van der Waals surface area (Å²) in [7, 11) is 1.62. The van der Waals surface area contributed by atoms with Gasteiger partial charge in [0.1, 0.15) is 17.3 Å². The van der Waals surface area contributed by atoms with Gasteiger partial charge in [0.05, 0.1) is 7.11 Å². The van der Waals surface area contributed by atoms with Crippen molar-refractivity contribution in [1.29, 1.82) is 0 Å². The lowest BCUT2D eigenvalue weighted by Crippen LogP contribution is -2.25. The first-order chi connectivity index (χ1) is 13.7. The number of hydrogen-bond donors (Lipinski definition) is 2. The fourth-order valence-electron chi connectivity index (χ4n) is 2.66. The van der Waals surface area contributed by atoms with E-state index in [0.29, 0.717) is 23.9 Å². The Hall–Kier alpha value is -3.41. The van der Waals surface area contributed by atoms with E-state index in [9.17, 15) is 4.79 Å². The fourth-order valence-corrected chi connectivity index (χ4v) is 2.66. The van der Waals surface area contributed by atoms with E-state index in [2.05, 4.69) is 27.5 Å². The molecule has 6 heteroatoms. The molecule has 0 saturated heterocycles. The lowest BCUT2D eigenvalue weighted by atomic mass is 10.2. The highest BCUT2D eigenvalue weighted by atomic mass is 16.5. The highest BCUT2D eigenvalue weighted by Crippen LogP contribution is 2.23. The van der Waals surface area contributed by atoms with Crippen LogP contribution >= 0.6 is 0 Å². The summed E-state index contributed by atoms with van der Waals surface area (Å²) in [6.07, 6.45) is 1.94. The van der Waals surface area contributed by atoms with E-state index in [0.717, 1.165) is 29.8 Å². The maximum absolute atomic E-state index is 12.6. The molecule has 0 saturated carbocycles. The van der Waals surface area contributed by atoms with Crippen LogP contribution in [-0.4, -0.2) is 29.5 Å². The summed E-state index contributed by atoms with van der Waals surface area (Å²) < 4.78 is 5.27. The lowest BCUT2D eigenvalue weighted by Gasteiger charge is -2.11.